The molecule has 0 aliphatic heterocycles. The van der Waals surface area contributed by atoms with Crippen molar-refractivity contribution in [3.63, 3.8) is 0 Å². The Hall–Kier alpha value is -1.40. The molecule has 0 radical (unpaired) electrons. The van der Waals surface area contributed by atoms with Crippen molar-refractivity contribution in [1.29, 1.82) is 5.26 Å². The maximum absolute atomic E-state index is 12.8. The summed E-state index contributed by atoms with van der Waals surface area (Å²) >= 11 is 0. The Balaban J connectivity index is 3.05. The molecule has 2 nitrogen and oxygen atoms in total. The Morgan fingerprint density at radius 3 is 2.64 bits per heavy atom. The first-order valence-electron chi connectivity index (χ1n) is 3.15. The minimum absolute atomic E-state index is 0.245. The second-order valence-corrected chi connectivity index (χ2v) is 2.13. The van der Waals surface area contributed by atoms with Crippen LogP contribution in [-0.2, 0) is 0 Å². The van der Waals surface area contributed by atoms with Crippen LogP contribution < -0.4 is 5.73 Å². The molecule has 3 heteroatoms. The van der Waals surface area contributed by atoms with Gasteiger partial charge in [-0.05, 0) is 6.07 Å². The third kappa shape index (κ3) is 1.54. The van der Waals surface area contributed by atoms with Crippen LogP contribution >= 0.6 is 0 Å². The second kappa shape index (κ2) is 3.13. The summed E-state index contributed by atoms with van der Waals surface area (Å²) in [5, 5.41) is 8.37. The summed E-state index contributed by atoms with van der Waals surface area (Å²) in [7, 11) is 0. The van der Waals surface area contributed by atoms with Gasteiger partial charge in [0, 0.05) is 5.56 Å². The van der Waals surface area contributed by atoms with E-state index in [4.69, 9.17) is 11.0 Å². The lowest BCUT2D eigenvalue weighted by Crippen LogP contribution is -2.08. The van der Waals surface area contributed by atoms with E-state index in [1.807, 2.05) is 0 Å². The molecule has 2 N–H and O–H groups in total. The van der Waals surface area contributed by atoms with Gasteiger partial charge in [-0.25, -0.2) is 4.39 Å². The zero-order valence-electron chi connectivity index (χ0n) is 5.79. The first kappa shape index (κ1) is 7.70. The van der Waals surface area contributed by atoms with Crippen LogP contribution in [0.25, 0.3) is 0 Å². The molecule has 0 bridgehead atoms. The molecule has 0 heterocycles. The van der Waals surface area contributed by atoms with E-state index < -0.39 is 11.9 Å². The largest absolute Gasteiger partial charge is 0.312 e. The molecule has 0 saturated heterocycles. The van der Waals surface area contributed by atoms with Crippen molar-refractivity contribution in [3.05, 3.63) is 35.6 Å². The van der Waals surface area contributed by atoms with Gasteiger partial charge in [-0.1, -0.05) is 18.2 Å². The lowest BCUT2D eigenvalue weighted by Gasteiger charge is -2.02. The Bertz CT molecular complexity index is 290. The van der Waals surface area contributed by atoms with Gasteiger partial charge < -0.3 is 5.73 Å². The molecular formula is C8H7FN2. The topological polar surface area (TPSA) is 49.8 Å². The normalized spacial score (nSPS) is 12.1. The van der Waals surface area contributed by atoms with Crippen molar-refractivity contribution in [1.82, 2.24) is 0 Å². The fraction of sp³-hybridized carbons (Fsp3) is 0.125. The third-order valence-corrected chi connectivity index (χ3v) is 1.38. The van der Waals surface area contributed by atoms with E-state index in [1.165, 1.54) is 12.1 Å². The Labute approximate surface area is 64.1 Å². The van der Waals surface area contributed by atoms with Crippen molar-refractivity contribution in [3.8, 4) is 6.07 Å². The molecule has 1 aromatic rings. The molecule has 1 atom stereocenters. The van der Waals surface area contributed by atoms with E-state index in [-0.39, 0.29) is 5.56 Å². The summed E-state index contributed by atoms with van der Waals surface area (Å²) in [4.78, 5) is 0. The molecule has 1 aromatic carbocycles. The number of nitrogens with two attached hydrogens (primary N) is 1. The number of nitrogens with zero attached hydrogens (tertiary/aromatic N) is 1. The van der Waals surface area contributed by atoms with Crippen LogP contribution in [0.4, 0.5) is 4.39 Å². The minimum atomic E-state index is -0.865. The second-order valence-electron chi connectivity index (χ2n) is 2.13. The number of nitriles is 1. The van der Waals surface area contributed by atoms with Gasteiger partial charge in [0.2, 0.25) is 0 Å². The molecule has 0 aliphatic carbocycles. The number of halogens is 1. The van der Waals surface area contributed by atoms with E-state index in [9.17, 15) is 4.39 Å². The van der Waals surface area contributed by atoms with Gasteiger partial charge in [-0.3, -0.25) is 0 Å². The highest BCUT2D eigenvalue weighted by atomic mass is 19.1. The van der Waals surface area contributed by atoms with Crippen LogP contribution in [0, 0.1) is 17.1 Å². The molecule has 0 amide bonds. The van der Waals surface area contributed by atoms with Crippen LogP contribution in [0.1, 0.15) is 11.6 Å². The van der Waals surface area contributed by atoms with Crippen LogP contribution in [0.5, 0.6) is 0 Å². The lowest BCUT2D eigenvalue weighted by atomic mass is 10.1. The van der Waals surface area contributed by atoms with Crippen molar-refractivity contribution < 1.29 is 4.39 Å². The zero-order valence-corrected chi connectivity index (χ0v) is 5.79. The van der Waals surface area contributed by atoms with Gasteiger partial charge in [0.05, 0.1) is 6.07 Å². The molecule has 0 unspecified atom stereocenters. The van der Waals surface area contributed by atoms with Gasteiger partial charge in [0.15, 0.2) is 0 Å². The summed E-state index contributed by atoms with van der Waals surface area (Å²) in [5.74, 6) is -0.429. The smallest absolute Gasteiger partial charge is 0.129 e. The van der Waals surface area contributed by atoms with E-state index in [0.717, 1.165) is 0 Å². The number of hydrogen-bond donors (Lipinski definition) is 1. The molecule has 1 rings (SSSR count). The lowest BCUT2D eigenvalue weighted by molar-refractivity contribution is 0.603. The fourth-order valence-electron chi connectivity index (χ4n) is 0.797. The highest BCUT2D eigenvalue weighted by Gasteiger charge is 2.07. The van der Waals surface area contributed by atoms with Crippen LogP contribution in [0.15, 0.2) is 24.3 Å². The van der Waals surface area contributed by atoms with Crippen molar-refractivity contribution in [2.24, 2.45) is 5.73 Å². The van der Waals surface area contributed by atoms with Gasteiger partial charge >= 0.3 is 0 Å². The Kier molecular flexibility index (Phi) is 2.19. The maximum atomic E-state index is 12.8. The standard InChI is InChI=1S/C8H7FN2/c9-7-4-2-1-3-6(7)8(11)5-10/h1-4,8H,11H2/t8-/m0/s1. The van der Waals surface area contributed by atoms with E-state index >= 15 is 0 Å². The quantitative estimate of drug-likeness (QED) is 0.656. The maximum Gasteiger partial charge on any atom is 0.129 e. The molecule has 0 aromatic heterocycles. The molecule has 0 spiro atoms. The van der Waals surface area contributed by atoms with Gasteiger partial charge in [-0.15, -0.1) is 0 Å². The molecule has 0 fully saturated rings. The van der Waals surface area contributed by atoms with Crippen LogP contribution in [0.3, 0.4) is 0 Å². The fourth-order valence-corrected chi connectivity index (χ4v) is 0.797. The predicted octanol–water partition coefficient (Wildman–Crippen LogP) is 1.35. The predicted molar refractivity (Wildman–Crippen MR) is 38.9 cm³/mol. The highest BCUT2D eigenvalue weighted by Crippen LogP contribution is 2.12. The first-order valence-corrected chi connectivity index (χ1v) is 3.15. The first-order chi connectivity index (χ1) is 5.25. The molecule has 0 aliphatic rings. The monoisotopic (exact) mass is 150 g/mol. The van der Waals surface area contributed by atoms with Crippen LogP contribution in [0.2, 0.25) is 0 Å². The highest BCUT2D eigenvalue weighted by molar-refractivity contribution is 5.24. The molecule has 56 valence electrons. The zero-order chi connectivity index (χ0) is 8.27. The van der Waals surface area contributed by atoms with E-state index in [2.05, 4.69) is 0 Å². The van der Waals surface area contributed by atoms with Gasteiger partial charge in [0.1, 0.15) is 11.9 Å². The third-order valence-electron chi connectivity index (χ3n) is 1.38. The summed E-state index contributed by atoms with van der Waals surface area (Å²) in [6.07, 6.45) is 0. The minimum Gasteiger partial charge on any atom is -0.312 e. The van der Waals surface area contributed by atoms with Crippen molar-refractivity contribution >= 4 is 0 Å². The number of hydrogen-bond acceptors (Lipinski definition) is 2. The Morgan fingerprint density at radius 1 is 1.45 bits per heavy atom. The molecule has 11 heavy (non-hydrogen) atoms. The summed E-state index contributed by atoms with van der Waals surface area (Å²) < 4.78 is 12.8. The van der Waals surface area contributed by atoms with Gasteiger partial charge in [0.25, 0.3) is 0 Å². The summed E-state index contributed by atoms with van der Waals surface area (Å²) in [5.41, 5.74) is 5.54. The summed E-state index contributed by atoms with van der Waals surface area (Å²) in [6, 6.07) is 6.89. The Morgan fingerprint density at radius 2 is 2.09 bits per heavy atom. The van der Waals surface area contributed by atoms with E-state index in [1.54, 1.807) is 18.2 Å². The molecular weight excluding hydrogens is 143 g/mol. The number of rotatable bonds is 1. The SMILES string of the molecule is N#C[C@H](N)c1ccccc1F. The molecule has 0 saturated carbocycles. The summed E-state index contributed by atoms with van der Waals surface area (Å²) in [6.45, 7) is 0. The number of benzene rings is 1. The van der Waals surface area contributed by atoms with Crippen molar-refractivity contribution in [2.75, 3.05) is 0 Å². The average Bonchev–Trinajstić information content (AvgIpc) is 2.04. The van der Waals surface area contributed by atoms with Gasteiger partial charge in [-0.2, -0.15) is 5.26 Å². The average molecular weight is 150 g/mol. The van der Waals surface area contributed by atoms with E-state index in [0.29, 0.717) is 0 Å². The van der Waals surface area contributed by atoms with Crippen LogP contribution in [-0.4, -0.2) is 0 Å². The van der Waals surface area contributed by atoms with Crippen molar-refractivity contribution in [2.45, 2.75) is 6.04 Å².